The van der Waals surface area contributed by atoms with E-state index in [2.05, 4.69) is 37.9 Å². The summed E-state index contributed by atoms with van der Waals surface area (Å²) < 4.78 is 0. The van der Waals surface area contributed by atoms with Gasteiger partial charge in [0.15, 0.2) is 0 Å². The van der Waals surface area contributed by atoms with E-state index in [1.165, 1.54) is 25.7 Å². The first-order valence-electron chi connectivity index (χ1n) is 8.79. The Morgan fingerprint density at radius 3 is 2.29 bits per heavy atom. The standard InChI is InChI=1S/C18H36N2O/c1-15-6-8-18(9-7-15,12-19-16(2,3)4)14-20-11-10-17(5,21)13-20/h15,19,21H,6-14H2,1-5H3. The van der Waals surface area contributed by atoms with Gasteiger partial charge in [0.25, 0.3) is 0 Å². The van der Waals surface area contributed by atoms with Crippen molar-refractivity contribution in [2.24, 2.45) is 11.3 Å². The van der Waals surface area contributed by atoms with Gasteiger partial charge in [0.2, 0.25) is 0 Å². The first kappa shape index (κ1) is 17.2. The molecule has 21 heavy (non-hydrogen) atoms. The molecule has 1 saturated carbocycles. The van der Waals surface area contributed by atoms with Gasteiger partial charge < -0.3 is 10.4 Å². The van der Waals surface area contributed by atoms with Crippen LogP contribution in [0.15, 0.2) is 0 Å². The van der Waals surface area contributed by atoms with Gasteiger partial charge in [-0.3, -0.25) is 4.90 Å². The molecule has 1 unspecified atom stereocenters. The third-order valence-corrected chi connectivity index (χ3v) is 5.42. The fraction of sp³-hybridized carbons (Fsp3) is 1.00. The van der Waals surface area contributed by atoms with Gasteiger partial charge in [0.1, 0.15) is 0 Å². The number of nitrogens with zero attached hydrogens (tertiary/aromatic N) is 1. The van der Waals surface area contributed by atoms with Crippen molar-refractivity contribution in [3.05, 3.63) is 0 Å². The quantitative estimate of drug-likeness (QED) is 0.837. The second-order valence-corrected chi connectivity index (χ2v) is 9.24. The molecule has 2 fully saturated rings. The van der Waals surface area contributed by atoms with E-state index in [0.717, 1.165) is 38.5 Å². The molecule has 0 aromatic carbocycles. The largest absolute Gasteiger partial charge is 0.389 e. The zero-order valence-electron chi connectivity index (χ0n) is 14.8. The van der Waals surface area contributed by atoms with Gasteiger partial charge in [-0.05, 0) is 58.3 Å². The van der Waals surface area contributed by atoms with Gasteiger partial charge >= 0.3 is 0 Å². The van der Waals surface area contributed by atoms with E-state index >= 15 is 0 Å². The van der Waals surface area contributed by atoms with E-state index < -0.39 is 5.60 Å². The van der Waals surface area contributed by atoms with E-state index in [9.17, 15) is 5.11 Å². The van der Waals surface area contributed by atoms with Gasteiger partial charge in [0, 0.05) is 31.7 Å². The molecular formula is C18H36N2O. The van der Waals surface area contributed by atoms with Crippen molar-refractivity contribution in [3.8, 4) is 0 Å². The molecule has 124 valence electrons. The van der Waals surface area contributed by atoms with Crippen LogP contribution in [0.5, 0.6) is 0 Å². The Kier molecular flexibility index (Phi) is 5.07. The minimum atomic E-state index is -0.472. The summed E-state index contributed by atoms with van der Waals surface area (Å²) in [6, 6.07) is 0. The lowest BCUT2D eigenvalue weighted by Gasteiger charge is -2.44. The molecule has 2 rings (SSSR count). The van der Waals surface area contributed by atoms with Crippen LogP contribution in [0.4, 0.5) is 0 Å². The molecule has 0 aromatic rings. The molecule has 1 saturated heterocycles. The van der Waals surface area contributed by atoms with Crippen LogP contribution in [-0.2, 0) is 0 Å². The summed E-state index contributed by atoms with van der Waals surface area (Å²) in [5.74, 6) is 0.884. The minimum Gasteiger partial charge on any atom is -0.389 e. The molecule has 2 aliphatic rings. The average Bonchev–Trinajstić information content (AvgIpc) is 2.69. The van der Waals surface area contributed by atoms with Crippen LogP contribution in [0.25, 0.3) is 0 Å². The Morgan fingerprint density at radius 2 is 1.81 bits per heavy atom. The van der Waals surface area contributed by atoms with Crippen LogP contribution in [0.1, 0.15) is 66.7 Å². The molecule has 0 bridgehead atoms. The fourth-order valence-corrected chi connectivity index (χ4v) is 3.87. The van der Waals surface area contributed by atoms with Crippen LogP contribution in [-0.4, -0.2) is 47.3 Å². The molecule has 3 heteroatoms. The Bertz CT molecular complexity index is 338. The molecule has 1 heterocycles. The van der Waals surface area contributed by atoms with Crippen LogP contribution < -0.4 is 5.32 Å². The fourth-order valence-electron chi connectivity index (χ4n) is 3.87. The zero-order chi connectivity index (χ0) is 15.7. The summed E-state index contributed by atoms with van der Waals surface area (Å²) in [5.41, 5.74) is 0.118. The zero-order valence-corrected chi connectivity index (χ0v) is 14.8. The van der Waals surface area contributed by atoms with Crippen molar-refractivity contribution in [2.75, 3.05) is 26.2 Å². The van der Waals surface area contributed by atoms with Crippen molar-refractivity contribution >= 4 is 0 Å². The normalized spacial score (nSPS) is 38.9. The van der Waals surface area contributed by atoms with Crippen LogP contribution in [0.3, 0.4) is 0 Å². The highest BCUT2D eigenvalue weighted by Crippen LogP contribution is 2.40. The van der Waals surface area contributed by atoms with Gasteiger partial charge in [-0.2, -0.15) is 0 Å². The minimum absolute atomic E-state index is 0.187. The molecule has 2 N–H and O–H groups in total. The van der Waals surface area contributed by atoms with Gasteiger partial charge in [-0.25, -0.2) is 0 Å². The topological polar surface area (TPSA) is 35.5 Å². The maximum Gasteiger partial charge on any atom is 0.0758 e. The molecule has 1 aliphatic heterocycles. The van der Waals surface area contributed by atoms with E-state index in [1.807, 2.05) is 6.92 Å². The maximum atomic E-state index is 10.2. The van der Waals surface area contributed by atoms with Crippen LogP contribution in [0, 0.1) is 11.3 Å². The Balaban J connectivity index is 1.98. The predicted molar refractivity (Wildman–Crippen MR) is 89.5 cm³/mol. The number of hydrogen-bond acceptors (Lipinski definition) is 3. The second kappa shape index (κ2) is 6.17. The molecule has 0 radical (unpaired) electrons. The van der Waals surface area contributed by atoms with E-state index in [1.54, 1.807) is 0 Å². The molecule has 0 spiro atoms. The second-order valence-electron chi connectivity index (χ2n) is 9.24. The lowest BCUT2D eigenvalue weighted by molar-refractivity contribution is 0.0484. The molecule has 1 atom stereocenters. The number of likely N-dealkylation sites (tertiary alicyclic amines) is 1. The summed E-state index contributed by atoms with van der Waals surface area (Å²) in [6.07, 6.45) is 6.30. The first-order valence-corrected chi connectivity index (χ1v) is 8.79. The SMILES string of the molecule is CC1CCC(CNC(C)(C)C)(CN2CCC(C)(O)C2)CC1. The summed E-state index contributed by atoms with van der Waals surface area (Å²) in [4.78, 5) is 2.50. The maximum absolute atomic E-state index is 10.2. The van der Waals surface area contributed by atoms with E-state index in [0.29, 0.717) is 5.41 Å². The molecule has 3 nitrogen and oxygen atoms in total. The summed E-state index contributed by atoms with van der Waals surface area (Å²) >= 11 is 0. The third-order valence-electron chi connectivity index (χ3n) is 5.42. The summed E-state index contributed by atoms with van der Waals surface area (Å²) in [5, 5.41) is 14.0. The highest BCUT2D eigenvalue weighted by molar-refractivity contribution is 4.95. The van der Waals surface area contributed by atoms with Crippen LogP contribution in [0.2, 0.25) is 0 Å². The smallest absolute Gasteiger partial charge is 0.0758 e. The van der Waals surface area contributed by atoms with Crippen molar-refractivity contribution in [3.63, 3.8) is 0 Å². The van der Waals surface area contributed by atoms with Gasteiger partial charge in [-0.1, -0.05) is 19.8 Å². The molecule has 0 amide bonds. The van der Waals surface area contributed by atoms with E-state index in [4.69, 9.17) is 0 Å². The Labute approximate surface area is 131 Å². The van der Waals surface area contributed by atoms with E-state index in [-0.39, 0.29) is 5.54 Å². The number of rotatable bonds is 4. The lowest BCUT2D eigenvalue weighted by Crippen LogP contribution is -2.50. The highest BCUT2D eigenvalue weighted by atomic mass is 16.3. The van der Waals surface area contributed by atoms with Gasteiger partial charge in [-0.15, -0.1) is 0 Å². The third kappa shape index (κ3) is 5.22. The average molecular weight is 296 g/mol. The number of nitrogens with one attached hydrogen (secondary N) is 1. The number of aliphatic hydroxyl groups is 1. The summed E-state index contributed by atoms with van der Waals surface area (Å²) in [6.45, 7) is 15.3. The molecular weight excluding hydrogens is 260 g/mol. The monoisotopic (exact) mass is 296 g/mol. The highest BCUT2D eigenvalue weighted by Gasteiger charge is 2.40. The summed E-state index contributed by atoms with van der Waals surface area (Å²) in [7, 11) is 0. The van der Waals surface area contributed by atoms with Crippen LogP contribution >= 0.6 is 0 Å². The van der Waals surface area contributed by atoms with Gasteiger partial charge in [0.05, 0.1) is 5.60 Å². The lowest BCUT2D eigenvalue weighted by atomic mass is 9.70. The van der Waals surface area contributed by atoms with Crippen molar-refractivity contribution in [1.82, 2.24) is 10.2 Å². The molecule has 0 aromatic heterocycles. The number of β-amino-alcohol motifs (C(OH)–C–C–N with tert-alkyl or cyclic N) is 1. The van der Waals surface area contributed by atoms with Crippen molar-refractivity contribution in [2.45, 2.75) is 77.9 Å². The Morgan fingerprint density at radius 1 is 1.19 bits per heavy atom. The number of hydrogen-bond donors (Lipinski definition) is 2. The predicted octanol–water partition coefficient (Wildman–Crippen LogP) is 3.03. The van der Waals surface area contributed by atoms with Crippen molar-refractivity contribution < 1.29 is 5.11 Å². The first-order chi connectivity index (χ1) is 9.59. The Hall–Kier alpha value is -0.120. The van der Waals surface area contributed by atoms with Crippen molar-refractivity contribution in [1.29, 1.82) is 0 Å². The molecule has 1 aliphatic carbocycles.